The second-order valence-electron chi connectivity index (χ2n) is 12.7. The van der Waals surface area contributed by atoms with Gasteiger partial charge in [-0.25, -0.2) is 0 Å². The fourth-order valence-electron chi connectivity index (χ4n) is 6.51. The van der Waals surface area contributed by atoms with Gasteiger partial charge >= 0.3 is 11.9 Å². The molecule has 2 fully saturated rings. The van der Waals surface area contributed by atoms with E-state index in [1.54, 1.807) is 0 Å². The minimum atomic E-state index is -0.655. The molecular weight excluding hydrogens is 376 g/mol. The van der Waals surface area contributed by atoms with Crippen molar-refractivity contribution in [1.82, 2.24) is 0 Å². The third-order valence-corrected chi connectivity index (χ3v) is 7.71. The molecule has 0 heterocycles. The number of hydrogen-bond donors (Lipinski definition) is 2. The van der Waals surface area contributed by atoms with Gasteiger partial charge in [0, 0.05) is 0 Å². The molecule has 4 nitrogen and oxygen atoms in total. The average molecular weight is 425 g/mol. The quantitative estimate of drug-likeness (QED) is 0.492. The highest BCUT2D eigenvalue weighted by Gasteiger charge is 2.43. The summed E-state index contributed by atoms with van der Waals surface area (Å²) in [5.41, 5.74) is 0.0478. The van der Waals surface area contributed by atoms with Gasteiger partial charge < -0.3 is 10.2 Å². The van der Waals surface area contributed by atoms with E-state index in [4.69, 9.17) is 0 Å². The predicted molar refractivity (Wildman–Crippen MR) is 123 cm³/mol. The lowest BCUT2D eigenvalue weighted by Crippen LogP contribution is -2.40. The van der Waals surface area contributed by atoms with Crippen molar-refractivity contribution in [1.29, 1.82) is 0 Å². The lowest BCUT2D eigenvalue weighted by molar-refractivity contribution is -0.152. The van der Waals surface area contributed by atoms with Crippen LogP contribution in [0.4, 0.5) is 0 Å². The van der Waals surface area contributed by atoms with E-state index in [0.717, 1.165) is 32.1 Å². The summed E-state index contributed by atoms with van der Waals surface area (Å²) in [5.74, 6) is 0.626. The van der Waals surface area contributed by atoms with E-state index < -0.39 is 17.4 Å². The molecule has 4 heteroatoms. The standard InChI is InChI=1S/2C13H24O2/c1-9-6-10(8-12(2,3)7-9)13(4,5)11(14)15;1-5-11(12(14)15)10-6-9(2)7-13(3,4)8-10/h9-10H,6-8H2,1-5H3,(H,14,15);9-11H,5-8H2,1-4H3,(H,14,15). The van der Waals surface area contributed by atoms with Crippen molar-refractivity contribution in [2.75, 3.05) is 0 Å². The van der Waals surface area contributed by atoms with Gasteiger partial charge in [0.2, 0.25) is 0 Å². The van der Waals surface area contributed by atoms with Gasteiger partial charge in [-0.05, 0) is 93.3 Å². The molecule has 0 saturated heterocycles. The molecular formula is C26H48O4. The topological polar surface area (TPSA) is 74.6 Å². The highest BCUT2D eigenvalue weighted by atomic mass is 16.4. The zero-order valence-electron chi connectivity index (χ0n) is 21.0. The number of carbonyl (C=O) groups is 2. The van der Waals surface area contributed by atoms with Crippen LogP contribution in [-0.2, 0) is 9.59 Å². The van der Waals surface area contributed by atoms with Crippen molar-refractivity contribution in [2.24, 2.45) is 45.8 Å². The number of hydrogen-bond acceptors (Lipinski definition) is 2. The molecule has 0 aromatic carbocycles. The number of carboxylic acids is 2. The molecule has 0 spiro atoms. The van der Waals surface area contributed by atoms with E-state index in [9.17, 15) is 19.8 Å². The zero-order chi connectivity index (χ0) is 23.5. The molecule has 0 aromatic heterocycles. The van der Waals surface area contributed by atoms with Crippen LogP contribution >= 0.6 is 0 Å². The minimum absolute atomic E-state index is 0.132. The molecule has 5 atom stereocenters. The fourth-order valence-corrected chi connectivity index (χ4v) is 6.51. The van der Waals surface area contributed by atoms with Crippen molar-refractivity contribution in [2.45, 2.75) is 107 Å². The summed E-state index contributed by atoms with van der Waals surface area (Å²) in [7, 11) is 0. The normalized spacial score (nSPS) is 31.8. The van der Waals surface area contributed by atoms with Crippen LogP contribution in [0.5, 0.6) is 0 Å². The Bertz CT molecular complexity index is 590. The van der Waals surface area contributed by atoms with E-state index in [0.29, 0.717) is 34.5 Å². The maximum Gasteiger partial charge on any atom is 0.309 e. The van der Waals surface area contributed by atoms with Crippen LogP contribution in [0.15, 0.2) is 0 Å². The monoisotopic (exact) mass is 424 g/mol. The number of rotatable bonds is 5. The Kier molecular flexibility index (Phi) is 9.03. The Labute approximate surface area is 185 Å². The second kappa shape index (κ2) is 10.0. The minimum Gasteiger partial charge on any atom is -0.481 e. The van der Waals surface area contributed by atoms with E-state index in [1.165, 1.54) is 12.8 Å². The Morgan fingerprint density at radius 3 is 1.73 bits per heavy atom. The average Bonchev–Trinajstić information content (AvgIpc) is 2.51. The maximum absolute atomic E-state index is 11.2. The van der Waals surface area contributed by atoms with Crippen molar-refractivity contribution >= 4 is 11.9 Å². The molecule has 0 amide bonds. The largest absolute Gasteiger partial charge is 0.481 e. The van der Waals surface area contributed by atoms with Gasteiger partial charge in [-0.15, -0.1) is 0 Å². The highest BCUT2D eigenvalue weighted by Crippen LogP contribution is 2.48. The predicted octanol–water partition coefficient (Wildman–Crippen LogP) is 7.12. The highest BCUT2D eigenvalue weighted by molar-refractivity contribution is 5.74. The molecule has 0 radical (unpaired) electrons. The molecule has 5 unspecified atom stereocenters. The van der Waals surface area contributed by atoms with Gasteiger partial charge in [-0.2, -0.15) is 0 Å². The van der Waals surface area contributed by atoms with E-state index in [-0.39, 0.29) is 5.92 Å². The summed E-state index contributed by atoms with van der Waals surface area (Å²) in [4.78, 5) is 22.4. The van der Waals surface area contributed by atoms with Gasteiger partial charge in [0.25, 0.3) is 0 Å². The van der Waals surface area contributed by atoms with Gasteiger partial charge in [0.1, 0.15) is 0 Å². The van der Waals surface area contributed by atoms with Crippen molar-refractivity contribution in [3.8, 4) is 0 Å². The van der Waals surface area contributed by atoms with Crippen molar-refractivity contribution in [3.05, 3.63) is 0 Å². The Hall–Kier alpha value is -1.06. The molecule has 0 aromatic rings. The van der Waals surface area contributed by atoms with Crippen LogP contribution < -0.4 is 0 Å². The first-order valence-electron chi connectivity index (χ1n) is 12.0. The molecule has 2 saturated carbocycles. The molecule has 0 aliphatic heterocycles. The third-order valence-electron chi connectivity index (χ3n) is 7.71. The smallest absolute Gasteiger partial charge is 0.309 e. The van der Waals surface area contributed by atoms with Crippen LogP contribution in [0, 0.1) is 45.8 Å². The molecule has 30 heavy (non-hydrogen) atoms. The Balaban J connectivity index is 0.000000300. The molecule has 2 aliphatic carbocycles. The van der Waals surface area contributed by atoms with Crippen LogP contribution in [0.2, 0.25) is 0 Å². The van der Waals surface area contributed by atoms with Crippen molar-refractivity contribution < 1.29 is 19.8 Å². The Morgan fingerprint density at radius 1 is 0.900 bits per heavy atom. The molecule has 2 rings (SSSR count). The van der Waals surface area contributed by atoms with Gasteiger partial charge in [-0.1, -0.05) is 48.5 Å². The zero-order valence-corrected chi connectivity index (χ0v) is 21.0. The van der Waals surface area contributed by atoms with Crippen LogP contribution in [0.25, 0.3) is 0 Å². The summed E-state index contributed by atoms with van der Waals surface area (Å²) in [6.07, 6.45) is 7.48. The summed E-state index contributed by atoms with van der Waals surface area (Å²) >= 11 is 0. The summed E-state index contributed by atoms with van der Waals surface area (Å²) in [6.45, 7) is 19.3. The number of carboxylic acid groups (broad SMARTS) is 2. The number of aliphatic carboxylic acids is 2. The van der Waals surface area contributed by atoms with Crippen LogP contribution in [0.3, 0.4) is 0 Å². The van der Waals surface area contributed by atoms with Gasteiger partial charge in [0.15, 0.2) is 0 Å². The lowest BCUT2D eigenvalue weighted by atomic mass is 9.61. The Morgan fingerprint density at radius 2 is 1.37 bits per heavy atom. The van der Waals surface area contributed by atoms with Gasteiger partial charge in [0.05, 0.1) is 11.3 Å². The van der Waals surface area contributed by atoms with Crippen LogP contribution in [-0.4, -0.2) is 22.2 Å². The first-order valence-corrected chi connectivity index (χ1v) is 12.0. The second-order valence-corrected chi connectivity index (χ2v) is 12.7. The SMILES string of the molecule is CC1CC(C(C)(C)C(=O)O)CC(C)(C)C1.CCC(C(=O)O)C1CC(C)CC(C)(C)C1. The molecule has 2 aliphatic rings. The molecule has 176 valence electrons. The van der Waals surface area contributed by atoms with Crippen LogP contribution in [0.1, 0.15) is 107 Å². The summed E-state index contributed by atoms with van der Waals surface area (Å²) in [6, 6.07) is 0. The fraction of sp³-hybridized carbons (Fsp3) is 0.923. The first kappa shape index (κ1) is 27.0. The van der Waals surface area contributed by atoms with E-state index in [2.05, 4.69) is 41.5 Å². The third kappa shape index (κ3) is 7.57. The molecule has 2 N–H and O–H groups in total. The van der Waals surface area contributed by atoms with Gasteiger partial charge in [-0.3, -0.25) is 9.59 Å². The summed E-state index contributed by atoms with van der Waals surface area (Å²) < 4.78 is 0. The lowest BCUT2D eigenvalue weighted by Gasteiger charge is -2.44. The molecule has 0 bridgehead atoms. The van der Waals surface area contributed by atoms with E-state index >= 15 is 0 Å². The van der Waals surface area contributed by atoms with Crippen molar-refractivity contribution in [3.63, 3.8) is 0 Å². The first-order chi connectivity index (χ1) is 13.5. The summed E-state index contributed by atoms with van der Waals surface area (Å²) in [5, 5.41) is 18.4. The van der Waals surface area contributed by atoms with E-state index in [1.807, 2.05) is 20.8 Å². The maximum atomic E-state index is 11.2.